The Hall–Kier alpha value is -3.05. The zero-order valence-electron chi connectivity index (χ0n) is 15.9. The zero-order chi connectivity index (χ0) is 20.0. The third kappa shape index (κ3) is 3.12. The highest BCUT2D eigenvalue weighted by Crippen LogP contribution is 2.43. The minimum atomic E-state index is -0.525. The van der Waals surface area contributed by atoms with E-state index in [1.54, 1.807) is 0 Å². The summed E-state index contributed by atoms with van der Waals surface area (Å²) in [6.07, 6.45) is 2.04. The van der Waals surface area contributed by atoms with Gasteiger partial charge >= 0.3 is 5.97 Å². The van der Waals surface area contributed by atoms with E-state index in [2.05, 4.69) is 49.7 Å². The van der Waals surface area contributed by atoms with Gasteiger partial charge in [0, 0.05) is 40.7 Å². The monoisotopic (exact) mass is 446 g/mol. The van der Waals surface area contributed by atoms with Crippen LogP contribution in [0.1, 0.15) is 17.2 Å². The average molecular weight is 447 g/mol. The first-order valence-corrected chi connectivity index (χ1v) is 10.3. The van der Waals surface area contributed by atoms with Crippen molar-refractivity contribution in [2.24, 2.45) is 7.05 Å². The molecule has 0 N–H and O–H groups in total. The molecular formula is C24H19BrN2O2. The van der Waals surface area contributed by atoms with Crippen molar-refractivity contribution in [2.75, 3.05) is 4.90 Å². The Morgan fingerprint density at radius 1 is 1.00 bits per heavy atom. The van der Waals surface area contributed by atoms with Gasteiger partial charge in [-0.25, -0.2) is 4.79 Å². The molecule has 0 fully saturated rings. The molecule has 1 aliphatic rings. The van der Waals surface area contributed by atoms with Crippen molar-refractivity contribution in [3.63, 3.8) is 0 Å². The van der Waals surface area contributed by atoms with Gasteiger partial charge < -0.3 is 14.2 Å². The van der Waals surface area contributed by atoms with E-state index >= 15 is 0 Å². The van der Waals surface area contributed by atoms with Crippen LogP contribution in [0.2, 0.25) is 0 Å². The molecule has 0 bridgehead atoms. The van der Waals surface area contributed by atoms with Crippen molar-refractivity contribution in [2.45, 2.75) is 12.6 Å². The van der Waals surface area contributed by atoms with Gasteiger partial charge in [0.1, 0.15) is 0 Å². The molecule has 0 saturated carbocycles. The van der Waals surface area contributed by atoms with E-state index in [4.69, 9.17) is 4.74 Å². The number of rotatable bonds is 3. The standard InChI is InChI=1S/C24H19BrN2O2/c1-26-15-19(18-13-17(25)11-12-20(18)26)23-24(28)29-22-10-6-5-9-21(22)27(23)14-16-7-3-2-4-8-16/h2-13,15,23H,14H2,1H3. The highest BCUT2D eigenvalue weighted by atomic mass is 79.9. The van der Waals surface area contributed by atoms with E-state index in [0.29, 0.717) is 12.3 Å². The van der Waals surface area contributed by atoms with Crippen molar-refractivity contribution in [1.82, 2.24) is 4.57 Å². The molecule has 0 amide bonds. The van der Waals surface area contributed by atoms with E-state index in [1.165, 1.54) is 0 Å². The Morgan fingerprint density at radius 2 is 1.76 bits per heavy atom. The lowest BCUT2D eigenvalue weighted by Gasteiger charge is -2.37. The fourth-order valence-electron chi connectivity index (χ4n) is 4.08. The van der Waals surface area contributed by atoms with Crippen molar-refractivity contribution < 1.29 is 9.53 Å². The number of benzene rings is 3. The van der Waals surface area contributed by atoms with Crippen LogP contribution in [0.15, 0.2) is 83.5 Å². The highest BCUT2D eigenvalue weighted by molar-refractivity contribution is 9.10. The maximum atomic E-state index is 13.2. The predicted octanol–water partition coefficient (Wildman–Crippen LogP) is 5.61. The summed E-state index contributed by atoms with van der Waals surface area (Å²) in [6, 6.07) is 23.6. The number of esters is 1. The lowest BCUT2D eigenvalue weighted by Crippen LogP contribution is -2.40. The summed E-state index contributed by atoms with van der Waals surface area (Å²) in [5, 5.41) is 1.04. The summed E-state index contributed by atoms with van der Waals surface area (Å²) < 4.78 is 8.80. The van der Waals surface area contributed by atoms with Crippen molar-refractivity contribution >= 4 is 38.5 Å². The quantitative estimate of drug-likeness (QED) is 0.303. The molecule has 0 spiro atoms. The maximum Gasteiger partial charge on any atom is 0.339 e. The third-order valence-electron chi connectivity index (χ3n) is 5.39. The number of carbonyl (C=O) groups excluding carboxylic acids is 1. The summed E-state index contributed by atoms with van der Waals surface area (Å²) in [7, 11) is 2.00. The molecule has 1 aliphatic heterocycles. The van der Waals surface area contributed by atoms with Gasteiger partial charge in [-0.05, 0) is 35.9 Å². The van der Waals surface area contributed by atoms with E-state index in [-0.39, 0.29) is 5.97 Å². The summed E-state index contributed by atoms with van der Waals surface area (Å²) in [4.78, 5) is 15.4. The van der Waals surface area contributed by atoms with Gasteiger partial charge in [-0.2, -0.15) is 0 Å². The van der Waals surface area contributed by atoms with Crippen LogP contribution in [0.5, 0.6) is 5.75 Å². The summed E-state index contributed by atoms with van der Waals surface area (Å²) in [5.74, 6) is 0.346. The third-order valence-corrected chi connectivity index (χ3v) is 5.89. The summed E-state index contributed by atoms with van der Waals surface area (Å²) in [6.45, 7) is 0.613. The summed E-state index contributed by atoms with van der Waals surface area (Å²) >= 11 is 3.57. The molecule has 4 nitrogen and oxygen atoms in total. The van der Waals surface area contributed by atoms with Gasteiger partial charge in [-0.15, -0.1) is 0 Å². The van der Waals surface area contributed by atoms with E-state index in [0.717, 1.165) is 32.2 Å². The van der Waals surface area contributed by atoms with Crippen LogP contribution in [0.3, 0.4) is 0 Å². The number of aryl methyl sites for hydroxylation is 1. The molecule has 1 atom stereocenters. The van der Waals surface area contributed by atoms with Crippen LogP contribution in [-0.4, -0.2) is 10.5 Å². The first-order valence-electron chi connectivity index (χ1n) is 9.47. The number of aromatic nitrogens is 1. The van der Waals surface area contributed by atoms with Gasteiger partial charge in [-0.3, -0.25) is 0 Å². The molecule has 5 heteroatoms. The highest BCUT2D eigenvalue weighted by Gasteiger charge is 2.37. The van der Waals surface area contributed by atoms with Crippen molar-refractivity contribution in [3.8, 4) is 5.75 Å². The number of ether oxygens (including phenoxy) is 1. The van der Waals surface area contributed by atoms with Crippen LogP contribution < -0.4 is 9.64 Å². The Kier molecular flexibility index (Phi) is 4.40. The second kappa shape index (κ2) is 7.08. The van der Waals surface area contributed by atoms with Gasteiger partial charge in [0.2, 0.25) is 0 Å². The van der Waals surface area contributed by atoms with Gasteiger partial charge in [0.25, 0.3) is 0 Å². The molecule has 1 aromatic heterocycles. The van der Waals surface area contributed by atoms with Crippen LogP contribution in [0.4, 0.5) is 5.69 Å². The predicted molar refractivity (Wildman–Crippen MR) is 118 cm³/mol. The lowest BCUT2D eigenvalue weighted by molar-refractivity contribution is -0.136. The Balaban J connectivity index is 1.70. The summed E-state index contributed by atoms with van der Waals surface area (Å²) in [5.41, 5.74) is 4.09. The molecule has 4 aromatic rings. The molecule has 0 aliphatic carbocycles. The fraction of sp³-hybridized carbons (Fsp3) is 0.125. The van der Waals surface area contributed by atoms with Crippen LogP contribution in [-0.2, 0) is 18.4 Å². The van der Waals surface area contributed by atoms with Crippen molar-refractivity contribution in [1.29, 1.82) is 0 Å². The number of hydrogen-bond acceptors (Lipinski definition) is 3. The number of nitrogens with zero attached hydrogens (tertiary/aromatic N) is 2. The molecule has 0 saturated heterocycles. The van der Waals surface area contributed by atoms with E-state index in [1.807, 2.05) is 61.8 Å². The molecule has 1 unspecified atom stereocenters. The first-order chi connectivity index (χ1) is 14.1. The number of fused-ring (bicyclic) bond motifs is 2. The molecular weight excluding hydrogens is 428 g/mol. The Labute approximate surface area is 177 Å². The molecule has 3 aromatic carbocycles. The topological polar surface area (TPSA) is 34.5 Å². The van der Waals surface area contributed by atoms with E-state index in [9.17, 15) is 4.79 Å². The van der Waals surface area contributed by atoms with Crippen molar-refractivity contribution in [3.05, 3.63) is 94.6 Å². The minimum Gasteiger partial charge on any atom is -0.423 e. The van der Waals surface area contributed by atoms with Gasteiger partial charge in [0.15, 0.2) is 11.8 Å². The minimum absolute atomic E-state index is 0.257. The molecule has 144 valence electrons. The first kappa shape index (κ1) is 18.0. The maximum absolute atomic E-state index is 13.2. The zero-order valence-corrected chi connectivity index (χ0v) is 17.5. The fourth-order valence-corrected chi connectivity index (χ4v) is 4.44. The second-order valence-corrected chi connectivity index (χ2v) is 8.18. The lowest BCUT2D eigenvalue weighted by atomic mass is 10.0. The molecule has 29 heavy (non-hydrogen) atoms. The average Bonchev–Trinajstić information content (AvgIpc) is 3.04. The number of anilines is 1. The molecule has 0 radical (unpaired) electrons. The van der Waals surface area contributed by atoms with Crippen LogP contribution in [0, 0.1) is 0 Å². The Morgan fingerprint density at radius 3 is 2.59 bits per heavy atom. The van der Waals surface area contributed by atoms with E-state index < -0.39 is 6.04 Å². The van der Waals surface area contributed by atoms with Gasteiger partial charge in [-0.1, -0.05) is 58.4 Å². The Bertz CT molecular complexity index is 1220. The van der Waals surface area contributed by atoms with Gasteiger partial charge in [0.05, 0.1) is 5.69 Å². The smallest absolute Gasteiger partial charge is 0.339 e. The number of para-hydroxylation sites is 2. The normalized spacial score (nSPS) is 16.0. The molecule has 2 heterocycles. The van der Waals surface area contributed by atoms with Crippen LogP contribution in [0.25, 0.3) is 10.9 Å². The van der Waals surface area contributed by atoms with Crippen LogP contribution >= 0.6 is 15.9 Å². The number of hydrogen-bond donors (Lipinski definition) is 0. The largest absolute Gasteiger partial charge is 0.423 e. The number of carbonyl (C=O) groups is 1. The SMILES string of the molecule is Cn1cc(C2C(=O)Oc3ccccc3N2Cc2ccccc2)c2cc(Br)ccc21. The number of halogens is 1. The second-order valence-electron chi connectivity index (χ2n) is 7.26. The molecule has 5 rings (SSSR count).